The van der Waals surface area contributed by atoms with Crippen molar-refractivity contribution < 1.29 is 80.2 Å². The van der Waals surface area contributed by atoms with Crippen LogP contribution in [0.15, 0.2) is 0 Å². The number of phosphoric ester groups is 2. The molecule has 462 valence electrons. The molecule has 0 aliphatic carbocycles. The summed E-state index contributed by atoms with van der Waals surface area (Å²) in [6, 6.07) is 0. The maximum atomic E-state index is 12.9. The second-order valence-corrected chi connectivity index (χ2v) is 24.5. The Morgan fingerprint density at radius 1 is 0.359 bits per heavy atom. The number of aliphatic hydroxyl groups excluding tert-OH is 1. The molecular weight excluding hydrogens is 1040 g/mol. The van der Waals surface area contributed by atoms with E-state index in [4.69, 9.17) is 37.0 Å². The van der Waals surface area contributed by atoms with Crippen molar-refractivity contribution in [3.63, 3.8) is 0 Å². The van der Waals surface area contributed by atoms with Gasteiger partial charge in [-0.25, -0.2) is 9.13 Å². The number of phosphoric acid groups is 2. The van der Waals surface area contributed by atoms with Gasteiger partial charge in [-0.1, -0.05) is 240 Å². The van der Waals surface area contributed by atoms with E-state index in [2.05, 4.69) is 34.6 Å². The van der Waals surface area contributed by atoms with Crippen LogP contribution in [0.1, 0.15) is 291 Å². The molecule has 0 aromatic carbocycles. The quantitative estimate of drug-likeness (QED) is 0.0222. The van der Waals surface area contributed by atoms with Gasteiger partial charge in [0.25, 0.3) is 0 Å². The van der Waals surface area contributed by atoms with Crippen LogP contribution in [-0.4, -0.2) is 96.7 Å². The molecule has 0 amide bonds. The predicted molar refractivity (Wildman–Crippen MR) is 308 cm³/mol. The van der Waals surface area contributed by atoms with Crippen LogP contribution in [-0.2, 0) is 65.4 Å². The lowest BCUT2D eigenvalue weighted by Crippen LogP contribution is -2.30. The van der Waals surface area contributed by atoms with Crippen molar-refractivity contribution in [1.29, 1.82) is 0 Å². The summed E-state index contributed by atoms with van der Waals surface area (Å²) in [7, 11) is -9.87. The van der Waals surface area contributed by atoms with Crippen LogP contribution in [0.3, 0.4) is 0 Å². The van der Waals surface area contributed by atoms with Gasteiger partial charge in [0.2, 0.25) is 0 Å². The van der Waals surface area contributed by atoms with E-state index in [1.54, 1.807) is 0 Å². The lowest BCUT2D eigenvalue weighted by Gasteiger charge is -2.21. The zero-order chi connectivity index (χ0) is 57.8. The van der Waals surface area contributed by atoms with Gasteiger partial charge in [0.05, 0.1) is 26.4 Å². The normalized spacial score (nSPS) is 14.7. The van der Waals surface area contributed by atoms with E-state index < -0.39 is 97.5 Å². The minimum absolute atomic E-state index is 0.105. The van der Waals surface area contributed by atoms with E-state index in [9.17, 15) is 43.2 Å². The minimum Gasteiger partial charge on any atom is -0.462 e. The Balaban J connectivity index is 5.19. The molecule has 0 saturated carbocycles. The molecule has 3 unspecified atom stereocenters. The van der Waals surface area contributed by atoms with Crippen LogP contribution in [0.25, 0.3) is 0 Å². The summed E-state index contributed by atoms with van der Waals surface area (Å²) in [6.07, 6.45) is 35.0. The summed E-state index contributed by atoms with van der Waals surface area (Å²) in [5.74, 6) is -1.38. The van der Waals surface area contributed by atoms with Gasteiger partial charge < -0.3 is 33.8 Å². The summed E-state index contributed by atoms with van der Waals surface area (Å²) in [5, 5.41) is 10.5. The fraction of sp³-hybridized carbons (Fsp3) is 0.932. The first-order valence-electron chi connectivity index (χ1n) is 31.2. The number of esters is 4. The summed E-state index contributed by atoms with van der Waals surface area (Å²) in [5.41, 5.74) is 0. The van der Waals surface area contributed by atoms with Crippen LogP contribution in [0, 0.1) is 5.92 Å². The SMILES string of the molecule is CCCCCCCCCCCCCC(=O)OC[C@H](COP(=O)(O)OC[C@@H](O)COP(=O)(O)OC[C@@H](COC(=O)CCCCCCC)OC(=O)CCCCCCCCCCCC)OC(=O)CCCCCCCCCCC(C)CC. The van der Waals surface area contributed by atoms with E-state index in [0.29, 0.717) is 25.7 Å². The van der Waals surface area contributed by atoms with E-state index in [1.165, 1.54) is 109 Å². The highest BCUT2D eigenvalue weighted by molar-refractivity contribution is 7.47. The lowest BCUT2D eigenvalue weighted by atomic mass is 9.99. The number of hydrogen-bond acceptors (Lipinski definition) is 15. The molecule has 6 atom stereocenters. The maximum absolute atomic E-state index is 12.9. The van der Waals surface area contributed by atoms with E-state index in [0.717, 1.165) is 102 Å². The second-order valence-electron chi connectivity index (χ2n) is 21.6. The molecule has 0 aromatic heterocycles. The smallest absolute Gasteiger partial charge is 0.462 e. The third-order valence-corrected chi connectivity index (χ3v) is 15.8. The van der Waals surface area contributed by atoms with Gasteiger partial charge in [-0.3, -0.25) is 37.3 Å². The highest BCUT2D eigenvalue weighted by atomic mass is 31.2. The third kappa shape index (κ3) is 52.2. The van der Waals surface area contributed by atoms with Crippen molar-refractivity contribution in [2.75, 3.05) is 39.6 Å². The molecule has 0 aliphatic rings. The molecule has 0 bridgehead atoms. The van der Waals surface area contributed by atoms with Gasteiger partial charge in [-0.15, -0.1) is 0 Å². The van der Waals surface area contributed by atoms with Crippen LogP contribution < -0.4 is 0 Å². The molecule has 78 heavy (non-hydrogen) atoms. The molecule has 0 aromatic rings. The lowest BCUT2D eigenvalue weighted by molar-refractivity contribution is -0.161. The molecule has 0 aliphatic heterocycles. The Hall–Kier alpha value is -1.94. The molecule has 0 spiro atoms. The molecule has 0 rings (SSSR count). The van der Waals surface area contributed by atoms with Crippen LogP contribution in [0.2, 0.25) is 0 Å². The Bertz CT molecular complexity index is 1540. The fourth-order valence-electron chi connectivity index (χ4n) is 8.67. The summed E-state index contributed by atoms with van der Waals surface area (Å²) in [4.78, 5) is 71.7. The predicted octanol–water partition coefficient (Wildman–Crippen LogP) is 15.8. The Morgan fingerprint density at radius 3 is 0.910 bits per heavy atom. The van der Waals surface area contributed by atoms with Gasteiger partial charge in [0.15, 0.2) is 12.2 Å². The van der Waals surface area contributed by atoms with Crippen molar-refractivity contribution in [2.45, 2.75) is 310 Å². The second kappa shape index (κ2) is 53.1. The zero-order valence-corrected chi connectivity index (χ0v) is 51.6. The van der Waals surface area contributed by atoms with Gasteiger partial charge >= 0.3 is 39.5 Å². The van der Waals surface area contributed by atoms with Crippen LogP contribution >= 0.6 is 15.6 Å². The Morgan fingerprint density at radius 2 is 0.615 bits per heavy atom. The highest BCUT2D eigenvalue weighted by Crippen LogP contribution is 2.45. The molecule has 0 fully saturated rings. The van der Waals surface area contributed by atoms with Crippen molar-refractivity contribution in [2.24, 2.45) is 5.92 Å². The first kappa shape index (κ1) is 76.1. The van der Waals surface area contributed by atoms with E-state index >= 15 is 0 Å². The maximum Gasteiger partial charge on any atom is 0.472 e. The summed E-state index contributed by atoms with van der Waals surface area (Å²) < 4.78 is 67.6. The number of hydrogen-bond donors (Lipinski definition) is 3. The topological polar surface area (TPSA) is 237 Å². The summed E-state index contributed by atoms with van der Waals surface area (Å²) in [6.45, 7) is 7.05. The first-order chi connectivity index (χ1) is 37.6. The third-order valence-electron chi connectivity index (χ3n) is 13.9. The number of ether oxygens (including phenoxy) is 4. The Labute approximate surface area is 473 Å². The molecule has 0 radical (unpaired) electrons. The number of carbonyl (C=O) groups is 4. The minimum atomic E-state index is -4.94. The average Bonchev–Trinajstić information content (AvgIpc) is 3.41. The largest absolute Gasteiger partial charge is 0.472 e. The molecular formula is C59H114O17P2. The monoisotopic (exact) mass is 1160 g/mol. The molecule has 0 heterocycles. The summed E-state index contributed by atoms with van der Waals surface area (Å²) >= 11 is 0. The zero-order valence-electron chi connectivity index (χ0n) is 49.8. The molecule has 0 saturated heterocycles. The van der Waals surface area contributed by atoms with Crippen molar-refractivity contribution in [1.82, 2.24) is 0 Å². The van der Waals surface area contributed by atoms with Gasteiger partial charge in [-0.2, -0.15) is 0 Å². The molecule has 19 heteroatoms. The molecule has 17 nitrogen and oxygen atoms in total. The fourth-order valence-corrected chi connectivity index (χ4v) is 10.2. The van der Waals surface area contributed by atoms with Crippen molar-refractivity contribution >= 4 is 39.5 Å². The molecule has 3 N–H and O–H groups in total. The van der Waals surface area contributed by atoms with Crippen LogP contribution in [0.5, 0.6) is 0 Å². The number of unbranched alkanes of at least 4 members (excludes halogenated alkanes) is 30. The average molecular weight is 1160 g/mol. The van der Waals surface area contributed by atoms with Crippen LogP contribution in [0.4, 0.5) is 0 Å². The van der Waals surface area contributed by atoms with E-state index in [1.807, 2.05) is 0 Å². The van der Waals surface area contributed by atoms with Crippen molar-refractivity contribution in [3.05, 3.63) is 0 Å². The number of aliphatic hydroxyl groups is 1. The first-order valence-corrected chi connectivity index (χ1v) is 34.2. The van der Waals surface area contributed by atoms with Gasteiger partial charge in [0.1, 0.15) is 19.3 Å². The van der Waals surface area contributed by atoms with Crippen molar-refractivity contribution in [3.8, 4) is 0 Å². The van der Waals surface area contributed by atoms with Gasteiger partial charge in [0, 0.05) is 25.7 Å². The van der Waals surface area contributed by atoms with E-state index in [-0.39, 0.29) is 25.7 Å². The highest BCUT2D eigenvalue weighted by Gasteiger charge is 2.30. The number of rotatable bonds is 59. The number of carbonyl (C=O) groups excluding carboxylic acids is 4. The van der Waals surface area contributed by atoms with Gasteiger partial charge in [-0.05, 0) is 31.6 Å². The standard InChI is InChI=1S/C59H114O17P2/c1-6-10-13-16-18-20-22-24-28-33-38-43-57(62)70-49-55(76-59(64)45-40-35-30-26-25-27-32-36-41-52(5)9-4)51-74-78(67,68)72-47-53(60)46-71-77(65,66)73-50-54(48-69-56(61)42-37-31-15-12-8-3)75-58(63)44-39-34-29-23-21-19-17-14-11-7-2/h52-55,60H,6-51H2,1-5H3,(H,65,66)(H,67,68)/t52?,53-,54+,55+/m0/s1. The Kier molecular flexibility index (Phi) is 51.8.